The van der Waals surface area contributed by atoms with Crippen LogP contribution in [0.2, 0.25) is 4.34 Å². The molecule has 1 amide bonds. The lowest BCUT2D eigenvalue weighted by Crippen LogP contribution is -2.26. The van der Waals surface area contributed by atoms with Crippen LogP contribution in [-0.4, -0.2) is 26.5 Å². The number of nitrogens with one attached hydrogen (secondary N) is 2. The number of hydrogen-bond donors (Lipinski definition) is 2. The van der Waals surface area contributed by atoms with Crippen molar-refractivity contribution in [3.8, 4) is 0 Å². The number of tetrazole rings is 1. The minimum absolute atomic E-state index is 0.0636. The Labute approximate surface area is 124 Å². The van der Waals surface area contributed by atoms with Crippen LogP contribution in [0, 0.1) is 0 Å². The largest absolute Gasteiger partial charge is 0.349 e. The van der Waals surface area contributed by atoms with Crippen molar-refractivity contribution in [2.24, 2.45) is 0 Å². The van der Waals surface area contributed by atoms with Crippen LogP contribution in [0.5, 0.6) is 0 Å². The lowest BCUT2D eigenvalue weighted by Gasteiger charge is -2.12. The normalized spacial score (nSPS) is 17.1. The minimum atomic E-state index is 0.0636. The van der Waals surface area contributed by atoms with Gasteiger partial charge < -0.3 is 5.32 Å². The molecule has 6 nitrogen and oxygen atoms in total. The molecule has 1 aliphatic rings. The number of hydrogen-bond acceptors (Lipinski definition) is 5. The van der Waals surface area contributed by atoms with E-state index in [-0.39, 0.29) is 11.9 Å². The molecule has 1 aliphatic carbocycles. The van der Waals surface area contributed by atoms with Crippen molar-refractivity contribution in [1.29, 1.82) is 0 Å². The van der Waals surface area contributed by atoms with Crippen LogP contribution in [0.25, 0.3) is 0 Å². The summed E-state index contributed by atoms with van der Waals surface area (Å²) in [4.78, 5) is 13.2. The monoisotopic (exact) mass is 311 g/mol. The van der Waals surface area contributed by atoms with Crippen LogP contribution in [0.1, 0.15) is 41.6 Å². The van der Waals surface area contributed by atoms with Crippen molar-refractivity contribution in [2.75, 3.05) is 0 Å². The molecule has 106 valence electrons. The fourth-order valence-electron chi connectivity index (χ4n) is 2.44. The number of aromatic nitrogens is 4. The number of nitrogens with zero attached hydrogens (tertiary/aromatic N) is 3. The molecule has 0 spiro atoms. The Kier molecular flexibility index (Phi) is 3.98. The summed E-state index contributed by atoms with van der Waals surface area (Å²) in [6.07, 6.45) is 3.81. The first-order chi connectivity index (χ1) is 9.72. The van der Waals surface area contributed by atoms with E-state index in [2.05, 4.69) is 25.9 Å². The molecule has 2 aromatic rings. The number of rotatable bonds is 5. The highest BCUT2D eigenvalue weighted by molar-refractivity contribution is 7.16. The summed E-state index contributed by atoms with van der Waals surface area (Å²) in [7, 11) is 0. The number of amides is 1. The molecule has 8 heteroatoms. The zero-order valence-electron chi connectivity index (χ0n) is 10.7. The maximum Gasteiger partial charge on any atom is 0.220 e. The van der Waals surface area contributed by atoms with Gasteiger partial charge in [-0.05, 0) is 30.9 Å². The Morgan fingerprint density at radius 2 is 2.50 bits per heavy atom. The number of carbonyl (C=O) groups excluding carboxylic acids is 1. The summed E-state index contributed by atoms with van der Waals surface area (Å²) in [6.45, 7) is 0. The van der Waals surface area contributed by atoms with E-state index in [4.69, 9.17) is 11.6 Å². The van der Waals surface area contributed by atoms with Crippen molar-refractivity contribution in [3.05, 3.63) is 26.7 Å². The SMILES string of the molecule is O=C(CCCc1nn[nH]n1)NC1CCc2sc(Cl)cc21. The number of aromatic amines is 1. The molecular weight excluding hydrogens is 298 g/mol. The second kappa shape index (κ2) is 5.88. The first-order valence-corrected chi connectivity index (χ1v) is 7.71. The quantitative estimate of drug-likeness (QED) is 0.885. The molecule has 0 saturated heterocycles. The van der Waals surface area contributed by atoms with Gasteiger partial charge in [0.2, 0.25) is 5.91 Å². The topological polar surface area (TPSA) is 83.6 Å². The molecule has 0 radical (unpaired) electrons. The molecule has 20 heavy (non-hydrogen) atoms. The van der Waals surface area contributed by atoms with Gasteiger partial charge in [-0.1, -0.05) is 16.8 Å². The zero-order valence-corrected chi connectivity index (χ0v) is 12.3. The average Bonchev–Trinajstić information content (AvgIpc) is 3.09. The maximum atomic E-state index is 11.9. The first-order valence-electron chi connectivity index (χ1n) is 6.52. The second-order valence-corrected chi connectivity index (χ2v) is 6.54. The average molecular weight is 312 g/mol. The van der Waals surface area contributed by atoms with Crippen LogP contribution < -0.4 is 5.32 Å². The molecule has 2 N–H and O–H groups in total. The number of thiophene rings is 1. The zero-order chi connectivity index (χ0) is 13.9. The molecule has 0 saturated carbocycles. The Balaban J connectivity index is 1.47. The van der Waals surface area contributed by atoms with Gasteiger partial charge in [-0.25, -0.2) is 0 Å². The van der Waals surface area contributed by atoms with Crippen LogP contribution in [0.4, 0.5) is 0 Å². The number of carbonyl (C=O) groups is 1. The molecule has 0 aromatic carbocycles. The van der Waals surface area contributed by atoms with E-state index in [1.165, 1.54) is 10.4 Å². The molecule has 1 atom stereocenters. The van der Waals surface area contributed by atoms with Crippen molar-refractivity contribution in [3.63, 3.8) is 0 Å². The predicted molar refractivity (Wildman–Crippen MR) is 75.6 cm³/mol. The number of halogens is 1. The Morgan fingerprint density at radius 1 is 1.60 bits per heavy atom. The molecule has 1 unspecified atom stereocenters. The van der Waals surface area contributed by atoms with E-state index >= 15 is 0 Å². The van der Waals surface area contributed by atoms with Gasteiger partial charge in [-0.15, -0.1) is 21.5 Å². The summed E-state index contributed by atoms with van der Waals surface area (Å²) in [5.74, 6) is 0.708. The van der Waals surface area contributed by atoms with Crippen molar-refractivity contribution in [1.82, 2.24) is 25.9 Å². The third-order valence-electron chi connectivity index (χ3n) is 3.38. The summed E-state index contributed by atoms with van der Waals surface area (Å²) in [6, 6.07) is 2.09. The Bertz CT molecular complexity index is 597. The van der Waals surface area contributed by atoms with Crippen LogP contribution in [0.3, 0.4) is 0 Å². The van der Waals surface area contributed by atoms with Crippen molar-refractivity contribution < 1.29 is 4.79 Å². The Hall–Kier alpha value is -1.47. The molecule has 0 aliphatic heterocycles. The predicted octanol–water partition coefficient (Wildman–Crippen LogP) is 2.04. The van der Waals surface area contributed by atoms with Crippen LogP contribution in [0.15, 0.2) is 6.07 Å². The summed E-state index contributed by atoms with van der Waals surface area (Å²) >= 11 is 7.61. The van der Waals surface area contributed by atoms with E-state index in [1.54, 1.807) is 11.3 Å². The van der Waals surface area contributed by atoms with E-state index in [0.717, 1.165) is 23.6 Å². The third kappa shape index (κ3) is 2.99. The van der Waals surface area contributed by atoms with Gasteiger partial charge in [0.05, 0.1) is 10.4 Å². The highest BCUT2D eigenvalue weighted by atomic mass is 35.5. The molecule has 0 bridgehead atoms. The minimum Gasteiger partial charge on any atom is -0.349 e. The first kappa shape index (κ1) is 13.5. The molecule has 3 rings (SSSR count). The smallest absolute Gasteiger partial charge is 0.220 e. The lowest BCUT2D eigenvalue weighted by molar-refractivity contribution is -0.121. The summed E-state index contributed by atoms with van der Waals surface area (Å²) in [5.41, 5.74) is 1.19. The molecule has 2 heterocycles. The maximum absolute atomic E-state index is 11.9. The van der Waals surface area contributed by atoms with E-state index < -0.39 is 0 Å². The Morgan fingerprint density at radius 3 is 3.30 bits per heavy atom. The van der Waals surface area contributed by atoms with Gasteiger partial charge in [-0.2, -0.15) is 5.21 Å². The van der Waals surface area contributed by atoms with Gasteiger partial charge in [0.25, 0.3) is 0 Å². The van der Waals surface area contributed by atoms with E-state index in [0.29, 0.717) is 18.7 Å². The van der Waals surface area contributed by atoms with Gasteiger partial charge in [0.15, 0.2) is 5.82 Å². The van der Waals surface area contributed by atoms with Gasteiger partial charge >= 0.3 is 0 Å². The fraction of sp³-hybridized carbons (Fsp3) is 0.500. The highest BCUT2D eigenvalue weighted by Gasteiger charge is 2.26. The summed E-state index contributed by atoms with van der Waals surface area (Å²) in [5, 5.41) is 16.7. The van der Waals surface area contributed by atoms with E-state index in [1.807, 2.05) is 6.07 Å². The highest BCUT2D eigenvalue weighted by Crippen LogP contribution is 2.39. The van der Waals surface area contributed by atoms with Crippen LogP contribution >= 0.6 is 22.9 Å². The summed E-state index contributed by atoms with van der Waals surface area (Å²) < 4.78 is 0.797. The molecule has 2 aromatic heterocycles. The number of fused-ring (bicyclic) bond motifs is 1. The van der Waals surface area contributed by atoms with Gasteiger partial charge in [0.1, 0.15) is 0 Å². The second-order valence-electron chi connectivity index (χ2n) is 4.77. The fourth-order valence-corrected chi connectivity index (χ4v) is 3.80. The van der Waals surface area contributed by atoms with Gasteiger partial charge in [-0.3, -0.25) is 4.79 Å². The lowest BCUT2D eigenvalue weighted by atomic mass is 10.1. The van der Waals surface area contributed by atoms with E-state index in [9.17, 15) is 4.79 Å². The molecule has 0 fully saturated rings. The molecular formula is C12H14ClN5OS. The van der Waals surface area contributed by atoms with Crippen molar-refractivity contribution >= 4 is 28.8 Å². The number of H-pyrrole nitrogens is 1. The third-order valence-corrected chi connectivity index (χ3v) is 4.72. The number of aryl methyl sites for hydroxylation is 2. The van der Waals surface area contributed by atoms with Crippen LogP contribution in [-0.2, 0) is 17.6 Å². The standard InChI is InChI=1S/C12H14ClN5OS/c13-10-6-7-8(4-5-9(7)20-10)14-12(19)3-1-2-11-15-17-18-16-11/h6,8H,1-5H2,(H,14,19)(H,15,16,17,18). The van der Waals surface area contributed by atoms with Gasteiger partial charge in [0, 0.05) is 17.7 Å². The van der Waals surface area contributed by atoms with Crippen molar-refractivity contribution in [2.45, 2.75) is 38.1 Å².